The Labute approximate surface area is 266 Å². The highest BCUT2D eigenvalue weighted by atomic mass is 15.0. The number of nitrogens with zero attached hydrogens (tertiary/aromatic N) is 2. The molecule has 2 aromatic heterocycles. The lowest BCUT2D eigenvalue weighted by Crippen LogP contribution is -2.29. The van der Waals surface area contributed by atoms with Crippen LogP contribution in [0, 0.1) is 0 Å². The van der Waals surface area contributed by atoms with Gasteiger partial charge in [0.05, 0.1) is 22.0 Å². The van der Waals surface area contributed by atoms with E-state index in [4.69, 9.17) is 4.98 Å². The zero-order valence-electron chi connectivity index (χ0n) is 25.1. The topological polar surface area (TPSA) is 17.8 Å². The molecule has 214 valence electrons. The molecule has 0 saturated heterocycles. The first-order valence-electron chi connectivity index (χ1n) is 15.9. The number of hydrogen-bond acceptors (Lipinski definition) is 1. The Balaban J connectivity index is 1.43. The van der Waals surface area contributed by atoms with Crippen LogP contribution in [0.5, 0.6) is 0 Å². The number of fused-ring (bicyclic) bond motifs is 11. The molecule has 10 rings (SSSR count). The molecule has 0 saturated carbocycles. The minimum atomic E-state index is -0.562. The molecule has 2 heteroatoms. The van der Waals surface area contributed by atoms with Gasteiger partial charge < -0.3 is 4.57 Å². The Morgan fingerprint density at radius 1 is 0.457 bits per heavy atom. The molecule has 7 aromatic carbocycles. The molecule has 0 fully saturated rings. The molecule has 0 unspecified atom stereocenters. The number of para-hydroxylation sites is 2. The molecular formula is C44H28N2. The summed E-state index contributed by atoms with van der Waals surface area (Å²) in [4.78, 5) is 5.02. The number of aromatic nitrogens is 2. The lowest BCUT2D eigenvalue weighted by atomic mass is 9.66. The third-order valence-electron chi connectivity index (χ3n) is 10.1. The average Bonchev–Trinajstić information content (AvgIpc) is 3.64. The van der Waals surface area contributed by atoms with Crippen molar-refractivity contribution in [3.05, 3.63) is 192 Å². The van der Waals surface area contributed by atoms with Crippen molar-refractivity contribution in [3.8, 4) is 16.8 Å². The van der Waals surface area contributed by atoms with Gasteiger partial charge in [-0.3, -0.25) is 4.98 Å². The van der Waals surface area contributed by atoms with Gasteiger partial charge in [0.25, 0.3) is 0 Å². The fourth-order valence-electron chi connectivity index (χ4n) is 8.35. The van der Waals surface area contributed by atoms with E-state index < -0.39 is 5.41 Å². The quantitative estimate of drug-likeness (QED) is 0.189. The van der Waals surface area contributed by atoms with Crippen LogP contribution in [0.15, 0.2) is 170 Å². The van der Waals surface area contributed by atoms with E-state index in [9.17, 15) is 0 Å². The van der Waals surface area contributed by atoms with E-state index in [1.807, 2.05) is 6.20 Å². The van der Waals surface area contributed by atoms with Crippen molar-refractivity contribution in [2.24, 2.45) is 0 Å². The Morgan fingerprint density at radius 3 is 1.65 bits per heavy atom. The first-order chi connectivity index (χ1) is 22.9. The van der Waals surface area contributed by atoms with Crippen LogP contribution in [0.3, 0.4) is 0 Å². The summed E-state index contributed by atoms with van der Waals surface area (Å²) in [6.07, 6.45) is 1.93. The monoisotopic (exact) mass is 584 g/mol. The molecule has 1 aliphatic rings. The number of rotatable bonds is 3. The molecule has 2 heterocycles. The minimum absolute atomic E-state index is 0.562. The Hall–Kier alpha value is -5.99. The molecule has 0 aliphatic heterocycles. The largest absolute Gasteiger partial charge is 0.309 e. The maximum absolute atomic E-state index is 5.02. The highest BCUT2D eigenvalue weighted by Crippen LogP contribution is 2.60. The van der Waals surface area contributed by atoms with Gasteiger partial charge in [0.1, 0.15) is 0 Å². The van der Waals surface area contributed by atoms with Gasteiger partial charge in [0, 0.05) is 33.4 Å². The van der Waals surface area contributed by atoms with E-state index in [0.717, 1.165) is 11.2 Å². The Morgan fingerprint density at radius 2 is 1.00 bits per heavy atom. The second-order valence-corrected chi connectivity index (χ2v) is 12.3. The summed E-state index contributed by atoms with van der Waals surface area (Å²) >= 11 is 0. The van der Waals surface area contributed by atoms with Crippen molar-refractivity contribution in [2.75, 3.05) is 0 Å². The molecule has 0 radical (unpaired) electrons. The van der Waals surface area contributed by atoms with Gasteiger partial charge in [-0.15, -0.1) is 0 Å². The number of pyridine rings is 1. The summed E-state index contributed by atoms with van der Waals surface area (Å²) in [7, 11) is 0. The van der Waals surface area contributed by atoms with Crippen LogP contribution in [-0.2, 0) is 5.41 Å². The van der Waals surface area contributed by atoms with Crippen molar-refractivity contribution < 1.29 is 0 Å². The van der Waals surface area contributed by atoms with Gasteiger partial charge in [-0.1, -0.05) is 133 Å². The summed E-state index contributed by atoms with van der Waals surface area (Å²) in [5, 5.41) is 6.15. The van der Waals surface area contributed by atoms with Crippen molar-refractivity contribution >= 4 is 43.5 Å². The summed E-state index contributed by atoms with van der Waals surface area (Å²) < 4.78 is 2.44. The molecule has 0 bridgehead atoms. The van der Waals surface area contributed by atoms with E-state index in [2.05, 4.69) is 168 Å². The number of benzene rings is 7. The first kappa shape index (κ1) is 25.3. The van der Waals surface area contributed by atoms with Gasteiger partial charge in [-0.2, -0.15) is 0 Å². The zero-order valence-corrected chi connectivity index (χ0v) is 25.1. The van der Waals surface area contributed by atoms with Crippen LogP contribution in [0.1, 0.15) is 22.3 Å². The van der Waals surface area contributed by atoms with E-state index in [1.165, 1.54) is 71.3 Å². The molecule has 0 atom stereocenters. The van der Waals surface area contributed by atoms with E-state index in [0.29, 0.717) is 0 Å². The first-order valence-corrected chi connectivity index (χ1v) is 15.9. The predicted molar refractivity (Wildman–Crippen MR) is 191 cm³/mol. The van der Waals surface area contributed by atoms with Crippen molar-refractivity contribution in [1.29, 1.82) is 0 Å². The van der Waals surface area contributed by atoms with Crippen molar-refractivity contribution in [3.63, 3.8) is 0 Å². The minimum Gasteiger partial charge on any atom is -0.309 e. The summed E-state index contributed by atoms with van der Waals surface area (Å²) in [5.74, 6) is 0. The van der Waals surface area contributed by atoms with Gasteiger partial charge in [0.2, 0.25) is 0 Å². The Bertz CT molecular complexity index is 2540. The van der Waals surface area contributed by atoms with Crippen LogP contribution in [0.4, 0.5) is 0 Å². The lowest BCUT2D eigenvalue weighted by molar-refractivity contribution is 0.774. The highest BCUT2D eigenvalue weighted by Gasteiger charge is 2.48. The smallest absolute Gasteiger partial charge is 0.0784 e. The molecule has 46 heavy (non-hydrogen) atoms. The van der Waals surface area contributed by atoms with E-state index in [-0.39, 0.29) is 0 Å². The molecule has 9 aromatic rings. The van der Waals surface area contributed by atoms with Crippen LogP contribution < -0.4 is 0 Å². The standard InChI is InChI=1S/C44H28N2/c1-3-14-29(15-4-1)44(30-16-5-2-6-17-30)38-28-31(46-39-23-11-9-18-32(39)33-19-10-12-24-40(33)46)25-26-36(38)41-34-20-7-8-21-35(34)43-37(42(41)44)22-13-27-45-43/h1-28H. The van der Waals surface area contributed by atoms with Gasteiger partial charge in [-0.25, -0.2) is 0 Å². The van der Waals surface area contributed by atoms with Gasteiger partial charge >= 0.3 is 0 Å². The van der Waals surface area contributed by atoms with Crippen molar-refractivity contribution in [2.45, 2.75) is 5.41 Å². The molecule has 0 amide bonds. The van der Waals surface area contributed by atoms with E-state index in [1.54, 1.807) is 0 Å². The van der Waals surface area contributed by atoms with Crippen LogP contribution in [-0.4, -0.2) is 9.55 Å². The Kier molecular flexibility index (Phi) is 5.24. The SMILES string of the molecule is c1ccc(C2(c3ccccc3)c3cc(-n4c5ccccc5c5ccccc54)ccc3-c3c2c2cccnc2c2ccccc32)cc1. The summed E-state index contributed by atoms with van der Waals surface area (Å²) in [6.45, 7) is 0. The van der Waals surface area contributed by atoms with Crippen LogP contribution >= 0.6 is 0 Å². The lowest BCUT2D eigenvalue weighted by Gasteiger charge is -2.35. The maximum Gasteiger partial charge on any atom is 0.0784 e. The molecule has 1 aliphatic carbocycles. The van der Waals surface area contributed by atoms with Gasteiger partial charge in [0.15, 0.2) is 0 Å². The van der Waals surface area contributed by atoms with Gasteiger partial charge in [-0.05, 0) is 69.1 Å². The fraction of sp³-hybridized carbons (Fsp3) is 0.0227. The maximum atomic E-state index is 5.02. The molecule has 2 nitrogen and oxygen atoms in total. The van der Waals surface area contributed by atoms with E-state index >= 15 is 0 Å². The molecular weight excluding hydrogens is 556 g/mol. The zero-order chi connectivity index (χ0) is 30.2. The average molecular weight is 585 g/mol. The summed E-state index contributed by atoms with van der Waals surface area (Å²) in [6, 6.07) is 60.0. The highest BCUT2D eigenvalue weighted by molar-refractivity contribution is 6.18. The fourth-order valence-corrected chi connectivity index (χ4v) is 8.35. The second-order valence-electron chi connectivity index (χ2n) is 12.3. The molecule has 0 N–H and O–H groups in total. The predicted octanol–water partition coefficient (Wildman–Crippen LogP) is 10.8. The van der Waals surface area contributed by atoms with Crippen molar-refractivity contribution in [1.82, 2.24) is 9.55 Å². The number of hydrogen-bond donors (Lipinski definition) is 0. The second kappa shape index (κ2) is 9.50. The summed E-state index contributed by atoms with van der Waals surface area (Å²) in [5.41, 5.74) is 11.7. The third-order valence-corrected chi connectivity index (χ3v) is 10.1. The molecule has 0 spiro atoms. The van der Waals surface area contributed by atoms with Crippen LogP contribution in [0.2, 0.25) is 0 Å². The normalized spacial score (nSPS) is 13.4. The third kappa shape index (κ3) is 3.23. The van der Waals surface area contributed by atoms with Crippen LogP contribution in [0.25, 0.3) is 60.3 Å².